The fourth-order valence-electron chi connectivity index (χ4n) is 4.79. The van der Waals surface area contributed by atoms with Gasteiger partial charge in [0.15, 0.2) is 11.5 Å². The predicted octanol–water partition coefficient (Wildman–Crippen LogP) is 1.70. The summed E-state index contributed by atoms with van der Waals surface area (Å²) in [6.07, 6.45) is 4.20. The lowest BCUT2D eigenvalue weighted by Crippen LogP contribution is -2.52. The van der Waals surface area contributed by atoms with E-state index in [0.717, 1.165) is 12.1 Å². The Kier molecular flexibility index (Phi) is 8.47. The van der Waals surface area contributed by atoms with Crippen LogP contribution in [0.4, 0.5) is 0 Å². The van der Waals surface area contributed by atoms with E-state index < -0.39 is 12.0 Å². The molecule has 0 amide bonds. The van der Waals surface area contributed by atoms with Crippen LogP contribution >= 0.6 is 12.4 Å². The fraction of sp³-hybridized carbons (Fsp3) is 0.440. The maximum atomic E-state index is 12.6. The number of hydrogen-bond donors (Lipinski definition) is 2. The molecule has 2 atom stereocenters. The number of nitrogens with zero attached hydrogens (tertiary/aromatic N) is 4. The first-order valence-electron chi connectivity index (χ1n) is 12.0. The Balaban J connectivity index is 0.00000320. The van der Waals surface area contributed by atoms with E-state index in [4.69, 9.17) is 14.2 Å². The summed E-state index contributed by atoms with van der Waals surface area (Å²) in [4.78, 5) is 35.2. The van der Waals surface area contributed by atoms with Crippen molar-refractivity contribution in [2.24, 2.45) is 0 Å². The molecule has 2 N–H and O–H groups in total. The third kappa shape index (κ3) is 5.95. The van der Waals surface area contributed by atoms with Gasteiger partial charge in [0, 0.05) is 44.4 Å². The largest absolute Gasteiger partial charge is 0.497 e. The second-order valence-corrected chi connectivity index (χ2v) is 8.91. The van der Waals surface area contributed by atoms with E-state index >= 15 is 0 Å². The number of methoxy groups -OCH3 is 1. The predicted molar refractivity (Wildman–Crippen MR) is 138 cm³/mol. The van der Waals surface area contributed by atoms with Gasteiger partial charge in [-0.2, -0.15) is 0 Å². The number of halogens is 1. The maximum Gasteiger partial charge on any atom is 0.320 e. The summed E-state index contributed by atoms with van der Waals surface area (Å²) < 4.78 is 18.1. The van der Waals surface area contributed by atoms with Gasteiger partial charge < -0.3 is 29.2 Å². The maximum absolute atomic E-state index is 12.6. The summed E-state index contributed by atoms with van der Waals surface area (Å²) in [6, 6.07) is 6.62. The molecule has 0 spiro atoms. The van der Waals surface area contributed by atoms with Crippen LogP contribution in [0, 0.1) is 0 Å². The third-order valence-electron chi connectivity index (χ3n) is 6.72. The van der Waals surface area contributed by atoms with Crippen LogP contribution in [0.3, 0.4) is 0 Å². The monoisotopic (exact) mass is 531 g/mol. The van der Waals surface area contributed by atoms with E-state index in [9.17, 15) is 14.7 Å². The van der Waals surface area contributed by atoms with Gasteiger partial charge in [0.25, 0.3) is 5.56 Å². The Morgan fingerprint density at radius 3 is 2.76 bits per heavy atom. The molecular formula is C25H30ClN5O6. The molecule has 3 aromatic rings. The van der Waals surface area contributed by atoms with Gasteiger partial charge in [-0.1, -0.05) is 0 Å². The molecule has 0 aliphatic carbocycles. The van der Waals surface area contributed by atoms with E-state index in [1.54, 1.807) is 36.1 Å². The van der Waals surface area contributed by atoms with Crippen LogP contribution < -0.4 is 25.1 Å². The van der Waals surface area contributed by atoms with Gasteiger partial charge in [-0.15, -0.1) is 12.4 Å². The molecular weight excluding hydrogens is 502 g/mol. The molecule has 0 bridgehead atoms. The average Bonchev–Trinajstić information content (AvgIpc) is 2.91. The lowest BCUT2D eigenvalue weighted by molar-refractivity contribution is -0.145. The molecule has 37 heavy (non-hydrogen) atoms. The second-order valence-electron chi connectivity index (χ2n) is 8.91. The summed E-state index contributed by atoms with van der Waals surface area (Å²) in [5.41, 5.74) is 1.93. The number of pyridine rings is 1. The minimum Gasteiger partial charge on any atom is -0.497 e. The lowest BCUT2D eigenvalue weighted by atomic mass is 9.97. The van der Waals surface area contributed by atoms with Gasteiger partial charge in [-0.05, 0) is 25.0 Å². The molecule has 1 saturated heterocycles. The SMILES string of the molecule is COc1ccc2ncc(=O)n(CCN3CCC(NCc4cc5c(cn4)OCCO5)CC3C(=O)O)c2c1.Cl. The number of rotatable bonds is 8. The molecule has 2 aliphatic heterocycles. The highest BCUT2D eigenvalue weighted by atomic mass is 35.5. The zero-order valence-electron chi connectivity index (χ0n) is 20.5. The van der Waals surface area contributed by atoms with E-state index in [1.807, 2.05) is 11.0 Å². The molecule has 2 unspecified atom stereocenters. The molecule has 4 heterocycles. The Morgan fingerprint density at radius 2 is 1.97 bits per heavy atom. The van der Waals surface area contributed by atoms with E-state index in [0.29, 0.717) is 74.1 Å². The van der Waals surface area contributed by atoms with Crippen molar-refractivity contribution in [3.05, 3.63) is 52.7 Å². The summed E-state index contributed by atoms with van der Waals surface area (Å²) in [7, 11) is 1.57. The minimum absolute atomic E-state index is 0. The van der Waals surface area contributed by atoms with Crippen LogP contribution in [0.2, 0.25) is 0 Å². The molecule has 11 nitrogen and oxygen atoms in total. The van der Waals surface area contributed by atoms with Crippen molar-refractivity contribution in [2.45, 2.75) is 38.0 Å². The first-order chi connectivity index (χ1) is 17.5. The summed E-state index contributed by atoms with van der Waals surface area (Å²) >= 11 is 0. The normalized spacial score (nSPS) is 19.3. The van der Waals surface area contributed by atoms with Crippen LogP contribution in [0.1, 0.15) is 18.5 Å². The van der Waals surface area contributed by atoms with Gasteiger partial charge in [-0.25, -0.2) is 4.98 Å². The molecule has 5 rings (SSSR count). The molecule has 1 aromatic carbocycles. The third-order valence-corrected chi connectivity index (χ3v) is 6.72. The van der Waals surface area contributed by atoms with Crippen molar-refractivity contribution in [2.75, 3.05) is 33.4 Å². The van der Waals surface area contributed by atoms with Crippen LogP contribution in [0.15, 0.2) is 41.5 Å². The molecule has 2 aliphatic rings. The highest BCUT2D eigenvalue weighted by Crippen LogP contribution is 2.29. The smallest absolute Gasteiger partial charge is 0.320 e. The lowest BCUT2D eigenvalue weighted by Gasteiger charge is -2.37. The van der Waals surface area contributed by atoms with Gasteiger partial charge in [0.2, 0.25) is 0 Å². The zero-order valence-corrected chi connectivity index (χ0v) is 21.3. The Morgan fingerprint density at radius 1 is 1.16 bits per heavy atom. The van der Waals surface area contributed by atoms with E-state index in [1.165, 1.54) is 6.20 Å². The number of aliphatic carboxylic acids is 1. The zero-order chi connectivity index (χ0) is 25.1. The number of aromatic nitrogens is 3. The van der Waals surface area contributed by atoms with Crippen molar-refractivity contribution in [1.29, 1.82) is 0 Å². The number of ether oxygens (including phenoxy) is 3. The van der Waals surface area contributed by atoms with Crippen LogP contribution in [0.5, 0.6) is 17.2 Å². The topological polar surface area (TPSA) is 128 Å². The van der Waals surface area contributed by atoms with Crippen molar-refractivity contribution in [3.63, 3.8) is 0 Å². The molecule has 0 radical (unpaired) electrons. The van der Waals surface area contributed by atoms with Crippen molar-refractivity contribution >= 4 is 29.4 Å². The number of piperidine rings is 1. The van der Waals surface area contributed by atoms with Gasteiger partial charge in [-0.3, -0.25) is 19.5 Å². The highest BCUT2D eigenvalue weighted by Gasteiger charge is 2.33. The summed E-state index contributed by atoms with van der Waals surface area (Å²) in [5.74, 6) is 1.09. The number of likely N-dealkylation sites (tertiary alicyclic amines) is 1. The fourth-order valence-corrected chi connectivity index (χ4v) is 4.79. The van der Waals surface area contributed by atoms with Crippen LogP contribution in [-0.4, -0.2) is 76.0 Å². The number of fused-ring (bicyclic) bond motifs is 2. The summed E-state index contributed by atoms with van der Waals surface area (Å²) in [6.45, 7) is 2.93. The first kappa shape index (κ1) is 26.6. The molecule has 1 fully saturated rings. The number of carboxylic acid groups (broad SMARTS) is 1. The first-order valence-corrected chi connectivity index (χ1v) is 12.0. The molecule has 198 valence electrons. The quantitative estimate of drug-likeness (QED) is 0.443. The van der Waals surface area contributed by atoms with E-state index in [2.05, 4.69) is 15.3 Å². The van der Waals surface area contributed by atoms with Gasteiger partial charge in [0.05, 0.1) is 36.2 Å². The highest BCUT2D eigenvalue weighted by molar-refractivity contribution is 5.85. The van der Waals surface area contributed by atoms with Gasteiger partial charge >= 0.3 is 5.97 Å². The number of nitrogens with one attached hydrogen (secondary N) is 1. The number of benzene rings is 1. The van der Waals surface area contributed by atoms with Crippen LogP contribution in [-0.2, 0) is 17.9 Å². The second kappa shape index (κ2) is 11.8. The Bertz CT molecular complexity index is 1320. The van der Waals surface area contributed by atoms with Crippen LogP contribution in [0.25, 0.3) is 11.0 Å². The number of hydrogen-bond acceptors (Lipinski definition) is 9. The molecule has 2 aromatic heterocycles. The van der Waals surface area contributed by atoms with Crippen molar-refractivity contribution in [1.82, 2.24) is 24.8 Å². The summed E-state index contributed by atoms with van der Waals surface area (Å²) in [5, 5.41) is 13.4. The number of carboxylic acids is 1. The van der Waals surface area contributed by atoms with Gasteiger partial charge in [0.1, 0.15) is 25.0 Å². The minimum atomic E-state index is -0.868. The van der Waals surface area contributed by atoms with E-state index in [-0.39, 0.29) is 24.0 Å². The molecule has 0 saturated carbocycles. The standard InChI is InChI=1S/C25H29N5O6.ClH/c1-34-18-2-3-19-20(12-18)30(24(31)15-28-19)7-6-29-5-4-16(10-21(29)25(32)33)26-13-17-11-22-23(14-27-17)36-9-8-35-22;/h2-3,11-12,14-16,21,26H,4-10,13H2,1H3,(H,32,33);1H. The van der Waals surface area contributed by atoms with Crippen molar-refractivity contribution < 1.29 is 24.1 Å². The Labute approximate surface area is 219 Å². The molecule has 12 heteroatoms. The average molecular weight is 532 g/mol. The number of carbonyl (C=O) groups is 1. The van der Waals surface area contributed by atoms with Crippen molar-refractivity contribution in [3.8, 4) is 17.2 Å². The Hall–Kier alpha value is -3.41.